The Morgan fingerprint density at radius 2 is 1.53 bits per heavy atom. The predicted molar refractivity (Wildman–Crippen MR) is 66.8 cm³/mol. The molecule has 0 heterocycles. The first kappa shape index (κ1) is 11.0. The molecule has 0 N–H and O–H groups in total. The molecule has 0 aromatic carbocycles. The third-order valence-electron chi connectivity index (χ3n) is 4.44. The van der Waals surface area contributed by atoms with Gasteiger partial charge in [0.25, 0.3) is 0 Å². The highest BCUT2D eigenvalue weighted by Crippen LogP contribution is 2.44. The standard InChI is InChI=1S/C15H24/c1-10(2)13-7-5-11(3)14-8-6-12(4)15(14)9-13/h11-12H,5-9H2,1-4H3/t11-,12-/m1/s1. The maximum atomic E-state index is 2.43. The van der Waals surface area contributed by atoms with Crippen molar-refractivity contribution in [3.05, 3.63) is 22.3 Å². The highest BCUT2D eigenvalue weighted by atomic mass is 14.3. The number of hydrogen-bond donors (Lipinski definition) is 0. The van der Waals surface area contributed by atoms with Gasteiger partial charge in [0.15, 0.2) is 0 Å². The Kier molecular flexibility index (Phi) is 3.04. The van der Waals surface area contributed by atoms with Gasteiger partial charge in [-0.2, -0.15) is 0 Å². The first-order chi connectivity index (χ1) is 7.09. The molecule has 15 heavy (non-hydrogen) atoms. The molecule has 0 bridgehead atoms. The topological polar surface area (TPSA) is 0 Å². The van der Waals surface area contributed by atoms with Crippen LogP contribution in [0, 0.1) is 11.8 Å². The van der Waals surface area contributed by atoms with Gasteiger partial charge in [-0.3, -0.25) is 0 Å². The quantitative estimate of drug-likeness (QED) is 0.494. The summed E-state index contributed by atoms with van der Waals surface area (Å²) in [5.74, 6) is 1.71. The van der Waals surface area contributed by atoms with E-state index < -0.39 is 0 Å². The van der Waals surface area contributed by atoms with Crippen molar-refractivity contribution in [3.63, 3.8) is 0 Å². The largest absolute Gasteiger partial charge is 0.0769 e. The van der Waals surface area contributed by atoms with Gasteiger partial charge in [0.05, 0.1) is 0 Å². The van der Waals surface area contributed by atoms with Crippen LogP contribution in [0.25, 0.3) is 0 Å². The summed E-state index contributed by atoms with van der Waals surface area (Å²) in [5, 5.41) is 0. The van der Waals surface area contributed by atoms with Crippen molar-refractivity contribution in [2.75, 3.05) is 0 Å². The van der Waals surface area contributed by atoms with Crippen LogP contribution >= 0.6 is 0 Å². The average molecular weight is 204 g/mol. The molecule has 0 heteroatoms. The molecule has 2 aliphatic carbocycles. The summed E-state index contributed by atoms with van der Waals surface area (Å²) < 4.78 is 0. The summed E-state index contributed by atoms with van der Waals surface area (Å²) in [6.07, 6.45) is 6.80. The monoisotopic (exact) mass is 204 g/mol. The van der Waals surface area contributed by atoms with Gasteiger partial charge in [0.1, 0.15) is 0 Å². The van der Waals surface area contributed by atoms with Crippen molar-refractivity contribution >= 4 is 0 Å². The molecule has 0 spiro atoms. The maximum Gasteiger partial charge on any atom is -0.0101 e. The van der Waals surface area contributed by atoms with Crippen LogP contribution in [0.2, 0.25) is 0 Å². The second kappa shape index (κ2) is 4.15. The summed E-state index contributed by atoms with van der Waals surface area (Å²) in [6, 6.07) is 0. The lowest BCUT2D eigenvalue weighted by Gasteiger charge is -2.12. The van der Waals surface area contributed by atoms with Crippen molar-refractivity contribution in [3.8, 4) is 0 Å². The second-order valence-electron chi connectivity index (χ2n) is 5.71. The minimum Gasteiger partial charge on any atom is -0.0769 e. The molecule has 0 aliphatic heterocycles. The van der Waals surface area contributed by atoms with Crippen molar-refractivity contribution < 1.29 is 0 Å². The molecule has 0 nitrogen and oxygen atoms in total. The zero-order chi connectivity index (χ0) is 11.0. The first-order valence-electron chi connectivity index (χ1n) is 6.46. The molecule has 0 radical (unpaired) electrons. The van der Waals surface area contributed by atoms with Crippen molar-refractivity contribution in [1.29, 1.82) is 0 Å². The Bertz CT molecular complexity index is 313. The Hall–Kier alpha value is -0.520. The minimum atomic E-state index is 0.849. The zero-order valence-corrected chi connectivity index (χ0v) is 10.7. The molecule has 0 fully saturated rings. The van der Waals surface area contributed by atoms with Crippen molar-refractivity contribution in [2.45, 2.75) is 59.8 Å². The summed E-state index contributed by atoms with van der Waals surface area (Å²) in [4.78, 5) is 0. The lowest BCUT2D eigenvalue weighted by molar-refractivity contribution is 0.585. The van der Waals surface area contributed by atoms with Crippen LogP contribution in [0.1, 0.15) is 59.8 Å². The van der Waals surface area contributed by atoms with E-state index in [1.807, 2.05) is 5.57 Å². The van der Waals surface area contributed by atoms with E-state index in [4.69, 9.17) is 0 Å². The van der Waals surface area contributed by atoms with Gasteiger partial charge >= 0.3 is 0 Å². The number of rotatable bonds is 0. The van der Waals surface area contributed by atoms with Gasteiger partial charge in [0, 0.05) is 0 Å². The first-order valence-corrected chi connectivity index (χ1v) is 6.46. The predicted octanol–water partition coefficient (Wildman–Crippen LogP) is 4.87. The molecular formula is C15H24. The van der Waals surface area contributed by atoms with Gasteiger partial charge in [-0.05, 0) is 57.8 Å². The smallest absolute Gasteiger partial charge is 0.0101 e. The fraction of sp³-hybridized carbons (Fsp3) is 0.733. The Morgan fingerprint density at radius 3 is 2.20 bits per heavy atom. The van der Waals surface area contributed by atoms with Gasteiger partial charge in [-0.1, -0.05) is 36.1 Å². The summed E-state index contributed by atoms with van der Waals surface area (Å²) in [7, 11) is 0. The van der Waals surface area contributed by atoms with E-state index in [0.29, 0.717) is 0 Å². The fourth-order valence-corrected chi connectivity index (χ4v) is 3.18. The van der Waals surface area contributed by atoms with Gasteiger partial charge < -0.3 is 0 Å². The fourth-order valence-electron chi connectivity index (χ4n) is 3.18. The van der Waals surface area contributed by atoms with Gasteiger partial charge in [-0.15, -0.1) is 0 Å². The average Bonchev–Trinajstić information content (AvgIpc) is 2.43. The summed E-state index contributed by atoms with van der Waals surface area (Å²) >= 11 is 0. The number of allylic oxidation sites excluding steroid dienone is 4. The summed E-state index contributed by atoms with van der Waals surface area (Å²) in [5.41, 5.74) is 6.91. The van der Waals surface area contributed by atoms with Gasteiger partial charge in [-0.25, -0.2) is 0 Å². The van der Waals surface area contributed by atoms with Crippen LogP contribution in [-0.4, -0.2) is 0 Å². The molecule has 0 saturated carbocycles. The van der Waals surface area contributed by atoms with Crippen LogP contribution in [0.3, 0.4) is 0 Å². The van der Waals surface area contributed by atoms with Crippen LogP contribution in [0.5, 0.6) is 0 Å². The lowest BCUT2D eigenvalue weighted by atomic mass is 9.94. The molecule has 0 aromatic heterocycles. The van der Waals surface area contributed by atoms with E-state index in [2.05, 4.69) is 27.7 Å². The normalized spacial score (nSPS) is 31.6. The van der Waals surface area contributed by atoms with Crippen LogP contribution < -0.4 is 0 Å². The van der Waals surface area contributed by atoms with E-state index in [1.165, 1.54) is 32.1 Å². The van der Waals surface area contributed by atoms with E-state index in [9.17, 15) is 0 Å². The van der Waals surface area contributed by atoms with E-state index in [-0.39, 0.29) is 0 Å². The third kappa shape index (κ3) is 2.04. The van der Waals surface area contributed by atoms with Crippen LogP contribution in [-0.2, 0) is 0 Å². The number of hydrogen-bond acceptors (Lipinski definition) is 0. The third-order valence-corrected chi connectivity index (χ3v) is 4.44. The Balaban J connectivity index is 2.32. The van der Waals surface area contributed by atoms with Crippen molar-refractivity contribution in [2.24, 2.45) is 11.8 Å². The second-order valence-corrected chi connectivity index (χ2v) is 5.71. The highest BCUT2D eigenvalue weighted by Gasteiger charge is 2.28. The molecule has 0 aromatic rings. The molecule has 2 aliphatic rings. The van der Waals surface area contributed by atoms with E-state index in [1.54, 1.807) is 16.7 Å². The highest BCUT2D eigenvalue weighted by molar-refractivity contribution is 5.32. The van der Waals surface area contributed by atoms with E-state index >= 15 is 0 Å². The van der Waals surface area contributed by atoms with Crippen LogP contribution in [0.4, 0.5) is 0 Å². The van der Waals surface area contributed by atoms with Crippen molar-refractivity contribution in [1.82, 2.24) is 0 Å². The Morgan fingerprint density at radius 1 is 0.933 bits per heavy atom. The molecule has 2 rings (SSSR count). The zero-order valence-electron chi connectivity index (χ0n) is 10.7. The molecular weight excluding hydrogens is 180 g/mol. The van der Waals surface area contributed by atoms with Crippen LogP contribution in [0.15, 0.2) is 22.3 Å². The summed E-state index contributed by atoms with van der Waals surface area (Å²) in [6.45, 7) is 9.42. The molecule has 2 atom stereocenters. The molecule has 0 saturated heterocycles. The maximum absolute atomic E-state index is 2.43. The van der Waals surface area contributed by atoms with E-state index in [0.717, 1.165) is 11.8 Å². The molecule has 0 unspecified atom stereocenters. The lowest BCUT2D eigenvalue weighted by Crippen LogP contribution is -1.97. The SMILES string of the molecule is CC(C)=C1CC[C@@H](C)C2=C(C1)[C@H](C)CC2. The molecule has 84 valence electrons. The van der Waals surface area contributed by atoms with Gasteiger partial charge in [0.2, 0.25) is 0 Å². The molecule has 0 amide bonds. The minimum absolute atomic E-state index is 0.849. The Labute approximate surface area is 94.5 Å².